The first kappa shape index (κ1) is 15.7. The largest absolute Gasteiger partial charge is 0.351 e. The number of carbonyl (C=O) groups is 1. The fourth-order valence-electron chi connectivity index (χ4n) is 2.66. The van der Waals surface area contributed by atoms with E-state index in [1.54, 1.807) is 24.3 Å². The molecular formula is C16H10Cl2N6O. The van der Waals surface area contributed by atoms with Crippen LogP contribution in [0.1, 0.15) is 27.6 Å². The van der Waals surface area contributed by atoms with Crippen molar-refractivity contribution in [3.63, 3.8) is 0 Å². The van der Waals surface area contributed by atoms with Gasteiger partial charge < -0.3 is 4.98 Å². The molecule has 0 aliphatic carbocycles. The minimum atomic E-state index is -0.248. The number of pyridine rings is 1. The number of carbonyl (C=O) groups excluding carboxylic acids is 1. The van der Waals surface area contributed by atoms with Crippen molar-refractivity contribution < 1.29 is 4.79 Å². The van der Waals surface area contributed by atoms with Gasteiger partial charge in [-0.1, -0.05) is 34.5 Å². The van der Waals surface area contributed by atoms with E-state index in [0.717, 1.165) is 16.5 Å². The fraction of sp³-hybridized carbons (Fsp3) is 0.0625. The summed E-state index contributed by atoms with van der Waals surface area (Å²) in [4.78, 5) is 20.2. The van der Waals surface area contributed by atoms with E-state index in [4.69, 9.17) is 23.2 Å². The van der Waals surface area contributed by atoms with Crippen molar-refractivity contribution in [1.29, 1.82) is 0 Å². The number of H-pyrrole nitrogens is 2. The van der Waals surface area contributed by atoms with Crippen LogP contribution in [0.5, 0.6) is 0 Å². The zero-order valence-electron chi connectivity index (χ0n) is 12.6. The van der Waals surface area contributed by atoms with Crippen LogP contribution in [0.2, 0.25) is 10.0 Å². The Morgan fingerprint density at radius 1 is 1.12 bits per heavy atom. The van der Waals surface area contributed by atoms with Crippen LogP contribution in [0.4, 0.5) is 0 Å². The Labute approximate surface area is 151 Å². The Balaban J connectivity index is 1.86. The van der Waals surface area contributed by atoms with Crippen molar-refractivity contribution in [1.82, 2.24) is 30.6 Å². The number of hydrogen-bond acceptors (Lipinski definition) is 5. The molecule has 25 heavy (non-hydrogen) atoms. The lowest BCUT2D eigenvalue weighted by Gasteiger charge is -2.02. The van der Waals surface area contributed by atoms with Gasteiger partial charge in [0.05, 0.1) is 10.7 Å². The highest BCUT2D eigenvalue weighted by Gasteiger charge is 2.21. The van der Waals surface area contributed by atoms with E-state index < -0.39 is 0 Å². The molecule has 7 nitrogen and oxygen atoms in total. The molecule has 1 aromatic carbocycles. The third kappa shape index (κ3) is 2.99. The van der Waals surface area contributed by atoms with E-state index in [-0.39, 0.29) is 11.5 Å². The number of aromatic amines is 2. The summed E-state index contributed by atoms with van der Waals surface area (Å²) in [5.74, 6) is 0.233. The molecule has 9 heteroatoms. The lowest BCUT2D eigenvalue weighted by molar-refractivity contribution is 0.103. The molecule has 2 N–H and O–H groups in total. The van der Waals surface area contributed by atoms with Crippen LogP contribution in [0, 0.1) is 0 Å². The number of nitrogens with one attached hydrogen (secondary N) is 2. The first-order chi connectivity index (χ1) is 12.1. The third-order valence-electron chi connectivity index (χ3n) is 3.78. The zero-order chi connectivity index (χ0) is 17.4. The first-order valence-electron chi connectivity index (χ1n) is 7.30. The van der Waals surface area contributed by atoms with E-state index in [9.17, 15) is 4.79 Å². The Morgan fingerprint density at radius 3 is 2.68 bits per heavy atom. The predicted molar refractivity (Wildman–Crippen MR) is 93.0 cm³/mol. The molecule has 0 saturated carbocycles. The van der Waals surface area contributed by atoms with Gasteiger partial charge in [-0.05, 0) is 29.8 Å². The number of tetrazole rings is 1. The minimum absolute atomic E-state index is 0.248. The molecule has 0 fully saturated rings. The lowest BCUT2D eigenvalue weighted by Crippen LogP contribution is -2.08. The van der Waals surface area contributed by atoms with Gasteiger partial charge in [-0.3, -0.25) is 9.78 Å². The minimum Gasteiger partial charge on any atom is -0.351 e. The van der Waals surface area contributed by atoms with E-state index >= 15 is 0 Å². The summed E-state index contributed by atoms with van der Waals surface area (Å²) in [6.07, 6.45) is 1.78. The lowest BCUT2D eigenvalue weighted by atomic mass is 10.0. The molecule has 4 rings (SSSR count). The van der Waals surface area contributed by atoms with Crippen molar-refractivity contribution in [2.45, 2.75) is 6.42 Å². The monoisotopic (exact) mass is 372 g/mol. The average Bonchev–Trinajstić information content (AvgIpc) is 3.23. The molecule has 124 valence electrons. The Morgan fingerprint density at radius 2 is 1.96 bits per heavy atom. The van der Waals surface area contributed by atoms with Crippen LogP contribution in [0.3, 0.4) is 0 Å². The molecule has 0 atom stereocenters. The number of rotatable bonds is 4. The highest BCUT2D eigenvalue weighted by Crippen LogP contribution is 2.28. The molecule has 0 spiro atoms. The number of hydrogen-bond donors (Lipinski definition) is 2. The number of fused-ring (bicyclic) bond motifs is 1. The maximum absolute atomic E-state index is 12.9. The van der Waals surface area contributed by atoms with Gasteiger partial charge in [-0.15, -0.1) is 10.2 Å². The van der Waals surface area contributed by atoms with Crippen molar-refractivity contribution in [3.05, 3.63) is 69.3 Å². The summed E-state index contributed by atoms with van der Waals surface area (Å²) in [7, 11) is 0. The van der Waals surface area contributed by atoms with Crippen LogP contribution in [-0.2, 0) is 6.42 Å². The second-order valence-corrected chi connectivity index (χ2v) is 6.24. The van der Waals surface area contributed by atoms with Crippen LogP contribution >= 0.6 is 23.2 Å². The average molecular weight is 373 g/mol. The van der Waals surface area contributed by atoms with Crippen molar-refractivity contribution >= 4 is 39.9 Å². The molecule has 0 aliphatic heterocycles. The van der Waals surface area contributed by atoms with Gasteiger partial charge >= 0.3 is 0 Å². The van der Waals surface area contributed by atoms with Crippen LogP contribution in [-0.4, -0.2) is 36.4 Å². The first-order valence-corrected chi connectivity index (χ1v) is 8.06. The maximum atomic E-state index is 12.9. The highest BCUT2D eigenvalue weighted by molar-refractivity contribution is 6.31. The zero-order valence-corrected chi connectivity index (χ0v) is 14.1. The maximum Gasteiger partial charge on any atom is 0.227 e. The molecular weight excluding hydrogens is 363 g/mol. The second-order valence-electron chi connectivity index (χ2n) is 5.36. The standard InChI is InChI=1S/C16H10Cl2N6O/c17-8-1-3-10-11(6-14-21-23-24-22-14)15(20-13(10)5-8)16(25)12-4-2-9(18)7-19-12/h1-5,7,20H,6H2,(H,21,22,23,24). The Kier molecular flexibility index (Phi) is 3.95. The smallest absolute Gasteiger partial charge is 0.227 e. The van der Waals surface area contributed by atoms with Crippen LogP contribution < -0.4 is 0 Å². The molecule has 0 bridgehead atoms. The molecule has 0 aliphatic rings. The van der Waals surface area contributed by atoms with Gasteiger partial charge in [0.15, 0.2) is 5.82 Å². The number of halogens is 2. The van der Waals surface area contributed by atoms with Gasteiger partial charge in [0.25, 0.3) is 0 Å². The number of benzene rings is 1. The number of nitrogens with zero attached hydrogens (tertiary/aromatic N) is 4. The topological polar surface area (TPSA) is 100 Å². The summed E-state index contributed by atoms with van der Waals surface area (Å²) < 4.78 is 0. The molecule has 0 radical (unpaired) electrons. The summed E-state index contributed by atoms with van der Waals surface area (Å²) in [6.45, 7) is 0. The molecule has 0 saturated heterocycles. The summed E-state index contributed by atoms with van der Waals surface area (Å²) in [6, 6.07) is 8.60. The SMILES string of the molecule is O=C(c1ccc(Cl)cn1)c1[nH]c2cc(Cl)ccc2c1Cc1nn[nH]n1. The van der Waals surface area contributed by atoms with E-state index in [1.807, 2.05) is 6.07 Å². The normalized spacial score (nSPS) is 11.1. The number of ketones is 1. The third-order valence-corrected chi connectivity index (χ3v) is 4.24. The van der Waals surface area contributed by atoms with E-state index in [2.05, 4.69) is 30.6 Å². The van der Waals surface area contributed by atoms with Crippen molar-refractivity contribution in [3.8, 4) is 0 Å². The van der Waals surface area contributed by atoms with Gasteiger partial charge in [0.2, 0.25) is 5.78 Å². The van der Waals surface area contributed by atoms with Gasteiger partial charge in [0, 0.05) is 28.5 Å². The van der Waals surface area contributed by atoms with Crippen LogP contribution in [0.15, 0.2) is 36.5 Å². The number of aromatic nitrogens is 6. The quantitative estimate of drug-likeness (QED) is 0.535. The Hall–Kier alpha value is -2.77. The second kappa shape index (κ2) is 6.27. The van der Waals surface area contributed by atoms with Gasteiger partial charge in [-0.2, -0.15) is 5.21 Å². The van der Waals surface area contributed by atoms with Gasteiger partial charge in [0.1, 0.15) is 5.69 Å². The molecule has 4 aromatic rings. The molecule has 0 unspecified atom stereocenters. The molecule has 0 amide bonds. The Bertz CT molecular complexity index is 1060. The van der Waals surface area contributed by atoms with Crippen molar-refractivity contribution in [2.24, 2.45) is 0 Å². The summed E-state index contributed by atoms with van der Waals surface area (Å²) in [5.41, 5.74) is 2.21. The summed E-state index contributed by atoms with van der Waals surface area (Å²) in [5, 5.41) is 15.8. The van der Waals surface area contributed by atoms with Crippen LogP contribution in [0.25, 0.3) is 10.9 Å². The molecule has 3 aromatic heterocycles. The highest BCUT2D eigenvalue weighted by atomic mass is 35.5. The van der Waals surface area contributed by atoms with E-state index in [0.29, 0.717) is 28.0 Å². The fourth-order valence-corrected chi connectivity index (χ4v) is 2.94. The molecule has 3 heterocycles. The van der Waals surface area contributed by atoms with E-state index in [1.165, 1.54) is 6.20 Å². The summed E-state index contributed by atoms with van der Waals surface area (Å²) >= 11 is 11.9. The predicted octanol–water partition coefficient (Wildman–Crippen LogP) is 3.20. The van der Waals surface area contributed by atoms with Gasteiger partial charge in [-0.25, -0.2) is 0 Å². The van der Waals surface area contributed by atoms with Crippen molar-refractivity contribution in [2.75, 3.05) is 0 Å².